The van der Waals surface area contributed by atoms with Gasteiger partial charge in [0.2, 0.25) is 0 Å². The van der Waals surface area contributed by atoms with Gasteiger partial charge in [0.15, 0.2) is 11.6 Å². The zero-order valence-electron chi connectivity index (χ0n) is 12.3. The van der Waals surface area contributed by atoms with E-state index in [1.54, 1.807) is 22.7 Å². The zero-order valence-corrected chi connectivity index (χ0v) is 13.2. The van der Waals surface area contributed by atoms with Crippen LogP contribution in [0.4, 0.5) is 0 Å². The highest BCUT2D eigenvalue weighted by atomic mass is 32.2. The third-order valence-electron chi connectivity index (χ3n) is 4.04. The Morgan fingerprint density at radius 3 is 2.67 bits per heavy atom. The molecule has 3 N–H and O–H groups in total. The van der Waals surface area contributed by atoms with E-state index in [-0.39, 0.29) is 16.5 Å². The fraction of sp³-hybridized carbons (Fsp3) is 0.571. The first kappa shape index (κ1) is 15.8. The van der Waals surface area contributed by atoms with Crippen molar-refractivity contribution in [1.29, 1.82) is 0 Å². The van der Waals surface area contributed by atoms with E-state index >= 15 is 0 Å². The van der Waals surface area contributed by atoms with Crippen molar-refractivity contribution in [3.63, 3.8) is 0 Å². The van der Waals surface area contributed by atoms with E-state index in [1.807, 2.05) is 19.2 Å². The highest BCUT2D eigenvalue weighted by molar-refractivity contribution is 8.00. The summed E-state index contributed by atoms with van der Waals surface area (Å²) in [5, 5.41) is 12.1. The summed E-state index contributed by atoms with van der Waals surface area (Å²) in [7, 11) is 0. The molecule has 2 rings (SSSR count). The molecule has 7 heteroatoms. The molecule has 0 spiro atoms. The van der Waals surface area contributed by atoms with Crippen molar-refractivity contribution in [1.82, 2.24) is 4.90 Å². The lowest BCUT2D eigenvalue weighted by atomic mass is 9.94. The molecular formula is C14H21N3O3S. The third kappa shape index (κ3) is 3.02. The van der Waals surface area contributed by atoms with Crippen LogP contribution in [0, 0.1) is 0 Å². The summed E-state index contributed by atoms with van der Waals surface area (Å²) in [6.45, 7) is 3.12. The molecule has 0 radical (unpaired) electrons. The number of hydrogen-bond donors (Lipinski definition) is 2. The number of amides is 1. The van der Waals surface area contributed by atoms with Crippen molar-refractivity contribution in [2.24, 2.45) is 10.9 Å². The summed E-state index contributed by atoms with van der Waals surface area (Å²) in [5.74, 6) is 1.33. The van der Waals surface area contributed by atoms with Crippen LogP contribution < -0.4 is 5.73 Å². The van der Waals surface area contributed by atoms with Gasteiger partial charge in [-0.1, -0.05) is 12.1 Å². The fourth-order valence-corrected chi connectivity index (χ4v) is 3.41. The van der Waals surface area contributed by atoms with Crippen LogP contribution in [0.15, 0.2) is 21.7 Å². The number of thioether (sulfide) groups is 1. The number of likely N-dealkylation sites (tertiary alicyclic amines) is 1. The van der Waals surface area contributed by atoms with E-state index < -0.39 is 0 Å². The van der Waals surface area contributed by atoms with Crippen LogP contribution >= 0.6 is 11.8 Å². The molecule has 0 unspecified atom stereocenters. The van der Waals surface area contributed by atoms with Gasteiger partial charge in [-0.05, 0) is 31.2 Å². The number of aryl methyl sites for hydroxylation is 1. The Bertz CT molecular complexity index is 533. The first-order valence-electron chi connectivity index (χ1n) is 6.97. The fourth-order valence-electron chi connectivity index (χ4n) is 2.57. The largest absolute Gasteiger partial charge is 0.456 e. The lowest BCUT2D eigenvalue weighted by Gasteiger charge is -2.39. The monoisotopic (exact) mass is 311 g/mol. The van der Waals surface area contributed by atoms with Crippen LogP contribution in [-0.2, 0) is 6.42 Å². The van der Waals surface area contributed by atoms with Gasteiger partial charge in [-0.3, -0.25) is 4.79 Å². The summed E-state index contributed by atoms with van der Waals surface area (Å²) < 4.78 is 5.12. The lowest BCUT2D eigenvalue weighted by Crippen LogP contribution is -2.51. The molecule has 1 aliphatic rings. The van der Waals surface area contributed by atoms with Gasteiger partial charge >= 0.3 is 0 Å². The molecule has 2 heterocycles. The first-order valence-corrected chi connectivity index (χ1v) is 8.20. The van der Waals surface area contributed by atoms with E-state index in [4.69, 9.17) is 15.4 Å². The number of amidine groups is 1. The Morgan fingerprint density at radius 1 is 1.52 bits per heavy atom. The summed E-state index contributed by atoms with van der Waals surface area (Å²) in [6.07, 6.45) is 4.04. The highest BCUT2D eigenvalue weighted by Gasteiger charge is 2.39. The topological polar surface area (TPSA) is 92.1 Å². The minimum absolute atomic E-state index is 0.0936. The smallest absolute Gasteiger partial charge is 0.289 e. The molecule has 0 aliphatic carbocycles. The number of carbonyl (C=O) groups is 1. The maximum atomic E-state index is 12.4. The van der Waals surface area contributed by atoms with Gasteiger partial charge in [0.1, 0.15) is 5.76 Å². The molecule has 6 nitrogen and oxygen atoms in total. The Kier molecular flexibility index (Phi) is 4.82. The van der Waals surface area contributed by atoms with Gasteiger partial charge in [-0.15, -0.1) is 0 Å². The number of nitrogens with zero attached hydrogens (tertiary/aromatic N) is 2. The van der Waals surface area contributed by atoms with E-state index in [2.05, 4.69) is 5.16 Å². The second-order valence-electron chi connectivity index (χ2n) is 5.10. The van der Waals surface area contributed by atoms with Gasteiger partial charge in [0.05, 0.1) is 4.75 Å². The van der Waals surface area contributed by atoms with E-state index in [9.17, 15) is 4.79 Å². The molecule has 0 bridgehead atoms. The Hall–Kier alpha value is -1.63. The molecule has 1 aromatic heterocycles. The minimum atomic E-state index is -0.386. The minimum Gasteiger partial charge on any atom is -0.456 e. The molecule has 21 heavy (non-hydrogen) atoms. The summed E-state index contributed by atoms with van der Waals surface area (Å²) in [5.41, 5.74) is 5.80. The SMILES string of the molecule is CCc1ccc(C(=O)N2CCC(SC)(C(N)=NO)CC2)o1. The Labute approximate surface area is 128 Å². The summed E-state index contributed by atoms with van der Waals surface area (Å²) in [4.78, 5) is 14.1. The number of furan rings is 1. The number of hydrogen-bond acceptors (Lipinski definition) is 5. The average Bonchev–Trinajstić information content (AvgIpc) is 3.02. The molecule has 0 aromatic carbocycles. The van der Waals surface area contributed by atoms with Crippen LogP contribution in [-0.4, -0.2) is 45.9 Å². The van der Waals surface area contributed by atoms with Crippen LogP contribution in [0.1, 0.15) is 36.1 Å². The quantitative estimate of drug-likeness (QED) is 0.383. The summed E-state index contributed by atoms with van der Waals surface area (Å²) >= 11 is 1.57. The Balaban J connectivity index is 2.05. The van der Waals surface area contributed by atoms with Crippen molar-refractivity contribution in [3.05, 3.63) is 23.7 Å². The standard InChI is InChI=1S/C14H21N3O3S/c1-3-10-4-5-11(20-10)12(18)17-8-6-14(21-2,7-9-17)13(15)16-19/h4-5,19H,3,6-9H2,1-2H3,(H2,15,16). The predicted molar refractivity (Wildman–Crippen MR) is 82.9 cm³/mol. The van der Waals surface area contributed by atoms with E-state index in [0.717, 1.165) is 12.2 Å². The van der Waals surface area contributed by atoms with Crippen molar-refractivity contribution >= 4 is 23.5 Å². The molecule has 1 saturated heterocycles. The maximum absolute atomic E-state index is 12.4. The molecule has 1 amide bonds. The highest BCUT2D eigenvalue weighted by Crippen LogP contribution is 2.35. The molecule has 116 valence electrons. The zero-order chi connectivity index (χ0) is 15.5. The van der Waals surface area contributed by atoms with E-state index in [1.165, 1.54) is 0 Å². The maximum Gasteiger partial charge on any atom is 0.289 e. The van der Waals surface area contributed by atoms with E-state index in [0.29, 0.717) is 31.7 Å². The van der Waals surface area contributed by atoms with Crippen LogP contribution in [0.25, 0.3) is 0 Å². The second-order valence-corrected chi connectivity index (χ2v) is 6.29. The number of piperidine rings is 1. The van der Waals surface area contributed by atoms with Crippen molar-refractivity contribution in [2.75, 3.05) is 19.3 Å². The number of carbonyl (C=O) groups excluding carboxylic acids is 1. The molecule has 1 fully saturated rings. The van der Waals surface area contributed by atoms with Gasteiger partial charge in [-0.25, -0.2) is 0 Å². The molecule has 0 atom stereocenters. The second kappa shape index (κ2) is 6.43. The molecular weight excluding hydrogens is 290 g/mol. The number of oxime groups is 1. The molecule has 1 aromatic rings. The number of rotatable bonds is 4. The lowest BCUT2D eigenvalue weighted by molar-refractivity contribution is 0.0684. The van der Waals surface area contributed by atoms with Crippen LogP contribution in [0.3, 0.4) is 0 Å². The number of nitrogens with two attached hydrogens (primary N) is 1. The van der Waals surface area contributed by atoms with Gasteiger partial charge in [0.25, 0.3) is 5.91 Å². The third-order valence-corrected chi connectivity index (χ3v) is 5.44. The van der Waals surface area contributed by atoms with Crippen LogP contribution in [0.5, 0.6) is 0 Å². The average molecular weight is 311 g/mol. The summed E-state index contributed by atoms with van der Waals surface area (Å²) in [6, 6.07) is 3.56. The van der Waals surface area contributed by atoms with Gasteiger partial charge in [0, 0.05) is 19.5 Å². The predicted octanol–water partition coefficient (Wildman–Crippen LogP) is 1.93. The van der Waals surface area contributed by atoms with Gasteiger partial charge in [-0.2, -0.15) is 11.8 Å². The van der Waals surface area contributed by atoms with Crippen LogP contribution in [0.2, 0.25) is 0 Å². The van der Waals surface area contributed by atoms with Crippen molar-refractivity contribution in [3.8, 4) is 0 Å². The molecule has 0 saturated carbocycles. The van der Waals surface area contributed by atoms with Crippen molar-refractivity contribution < 1.29 is 14.4 Å². The van der Waals surface area contributed by atoms with Crippen molar-refractivity contribution in [2.45, 2.75) is 30.9 Å². The molecule has 1 aliphatic heterocycles. The first-order chi connectivity index (χ1) is 10.1. The normalized spacial score (nSPS) is 18.8. The Morgan fingerprint density at radius 2 is 2.19 bits per heavy atom. The van der Waals surface area contributed by atoms with Gasteiger partial charge < -0.3 is 20.3 Å².